The third-order valence-corrected chi connectivity index (χ3v) is 6.88. The smallest absolute Gasteiger partial charge is 0.228 e. The van der Waals surface area contributed by atoms with Gasteiger partial charge >= 0.3 is 0 Å². The van der Waals surface area contributed by atoms with E-state index in [9.17, 15) is 0 Å². The molecular weight excluding hydrogens is 510 g/mol. The number of aromatic nitrogens is 5. The highest BCUT2D eigenvalue weighted by Crippen LogP contribution is 2.35. The van der Waals surface area contributed by atoms with Gasteiger partial charge in [0.25, 0.3) is 0 Å². The van der Waals surface area contributed by atoms with E-state index in [2.05, 4.69) is 35.8 Å². The molecule has 1 aliphatic rings. The molecule has 0 bridgehead atoms. The number of pyridine rings is 1. The second-order valence-electron chi connectivity index (χ2n) is 9.19. The first-order valence-electron chi connectivity index (χ1n) is 12.8. The molecule has 2 aromatic carbocycles. The topological polar surface area (TPSA) is 97.7 Å². The number of nitrogens with zero attached hydrogens (tertiary/aromatic N) is 5. The molecule has 8 nitrogen and oxygen atoms in total. The Morgan fingerprint density at radius 1 is 0.846 bits per heavy atom. The summed E-state index contributed by atoms with van der Waals surface area (Å²) in [5.74, 6) is 2.45. The number of ether oxygens (including phenoxy) is 1. The van der Waals surface area contributed by atoms with E-state index in [0.29, 0.717) is 22.6 Å². The minimum absolute atomic E-state index is 0.468. The number of nitrogens with one attached hydrogen (secondary N) is 2. The average Bonchev–Trinajstić information content (AvgIpc) is 2.98. The average molecular weight is 536 g/mol. The number of halogens is 1. The van der Waals surface area contributed by atoms with Crippen molar-refractivity contribution < 1.29 is 4.74 Å². The number of rotatable bonds is 7. The van der Waals surface area contributed by atoms with Crippen molar-refractivity contribution in [1.29, 1.82) is 0 Å². The SMILES string of the molecule is CNc1nccc(-c2cccnc2Oc2ccc(Nc3nnc(-c4cccc(Cl)c4)c4c3CCCC4)cc2)n1. The Labute approximate surface area is 231 Å². The van der Waals surface area contributed by atoms with E-state index in [1.807, 2.05) is 66.7 Å². The molecule has 1 aliphatic carbocycles. The number of hydrogen-bond donors (Lipinski definition) is 2. The van der Waals surface area contributed by atoms with Crippen molar-refractivity contribution in [3.8, 4) is 34.1 Å². The van der Waals surface area contributed by atoms with Gasteiger partial charge in [0.15, 0.2) is 5.82 Å². The number of fused-ring (bicyclic) bond motifs is 1. The first kappa shape index (κ1) is 24.8. The largest absolute Gasteiger partial charge is 0.438 e. The third-order valence-electron chi connectivity index (χ3n) is 6.65. The monoisotopic (exact) mass is 535 g/mol. The van der Waals surface area contributed by atoms with Crippen LogP contribution in [0.4, 0.5) is 17.5 Å². The Bertz CT molecular complexity index is 1620. The summed E-state index contributed by atoms with van der Waals surface area (Å²) in [5.41, 5.74) is 6.78. The Kier molecular flexibility index (Phi) is 7.01. The summed E-state index contributed by atoms with van der Waals surface area (Å²) in [6, 6.07) is 21.1. The van der Waals surface area contributed by atoms with Gasteiger partial charge in [-0.2, -0.15) is 0 Å². The van der Waals surface area contributed by atoms with Crippen LogP contribution in [0.15, 0.2) is 79.1 Å². The molecule has 9 heteroatoms. The fourth-order valence-electron chi connectivity index (χ4n) is 4.77. The Morgan fingerprint density at radius 3 is 2.51 bits per heavy atom. The first-order valence-corrected chi connectivity index (χ1v) is 13.2. The molecular formula is C30H26ClN7O. The van der Waals surface area contributed by atoms with Gasteiger partial charge in [-0.15, -0.1) is 10.2 Å². The molecule has 6 rings (SSSR count). The van der Waals surface area contributed by atoms with E-state index in [1.54, 1.807) is 19.4 Å². The van der Waals surface area contributed by atoms with Crippen molar-refractivity contribution in [2.24, 2.45) is 0 Å². The van der Waals surface area contributed by atoms with E-state index >= 15 is 0 Å². The van der Waals surface area contributed by atoms with Crippen molar-refractivity contribution in [3.05, 3.63) is 95.3 Å². The highest BCUT2D eigenvalue weighted by Gasteiger charge is 2.21. The van der Waals surface area contributed by atoms with Gasteiger partial charge in [0.05, 0.1) is 17.0 Å². The van der Waals surface area contributed by atoms with Crippen molar-refractivity contribution in [2.45, 2.75) is 25.7 Å². The molecule has 194 valence electrons. The molecule has 3 heterocycles. The normalized spacial score (nSPS) is 12.5. The maximum Gasteiger partial charge on any atom is 0.228 e. The molecule has 0 saturated heterocycles. The predicted octanol–water partition coefficient (Wildman–Crippen LogP) is 7.11. The molecule has 0 radical (unpaired) electrons. The lowest BCUT2D eigenvalue weighted by molar-refractivity contribution is 0.465. The van der Waals surface area contributed by atoms with Gasteiger partial charge in [0.1, 0.15) is 5.75 Å². The fraction of sp³-hybridized carbons (Fsp3) is 0.167. The summed E-state index contributed by atoms with van der Waals surface area (Å²) in [7, 11) is 1.78. The molecule has 0 unspecified atom stereocenters. The molecule has 0 saturated carbocycles. The number of anilines is 3. The maximum absolute atomic E-state index is 6.25. The lowest BCUT2D eigenvalue weighted by atomic mass is 9.89. The Balaban J connectivity index is 1.23. The predicted molar refractivity (Wildman–Crippen MR) is 154 cm³/mol. The molecule has 0 fully saturated rings. The van der Waals surface area contributed by atoms with Crippen LogP contribution in [-0.2, 0) is 12.8 Å². The fourth-order valence-corrected chi connectivity index (χ4v) is 4.96. The summed E-state index contributed by atoms with van der Waals surface area (Å²) in [5, 5.41) is 16.3. The van der Waals surface area contributed by atoms with Gasteiger partial charge in [0, 0.05) is 41.3 Å². The second-order valence-corrected chi connectivity index (χ2v) is 9.63. The zero-order valence-electron chi connectivity index (χ0n) is 21.4. The second kappa shape index (κ2) is 11.0. The first-order chi connectivity index (χ1) is 19.2. The van der Waals surface area contributed by atoms with E-state index in [0.717, 1.165) is 59.7 Å². The molecule has 3 aromatic heterocycles. The zero-order valence-corrected chi connectivity index (χ0v) is 22.1. The van der Waals surface area contributed by atoms with Gasteiger partial charge in [0.2, 0.25) is 11.8 Å². The summed E-state index contributed by atoms with van der Waals surface area (Å²) in [6.07, 6.45) is 7.60. The molecule has 2 N–H and O–H groups in total. The van der Waals surface area contributed by atoms with Crippen LogP contribution in [-0.4, -0.2) is 32.2 Å². The summed E-state index contributed by atoms with van der Waals surface area (Å²) in [4.78, 5) is 13.1. The highest BCUT2D eigenvalue weighted by molar-refractivity contribution is 6.30. The lowest BCUT2D eigenvalue weighted by Gasteiger charge is -2.21. The van der Waals surface area contributed by atoms with Crippen LogP contribution in [0.2, 0.25) is 5.02 Å². The van der Waals surface area contributed by atoms with Gasteiger partial charge in [-0.25, -0.2) is 15.0 Å². The van der Waals surface area contributed by atoms with Crippen molar-refractivity contribution >= 4 is 29.1 Å². The molecule has 0 amide bonds. The molecule has 0 atom stereocenters. The third kappa shape index (κ3) is 5.37. The van der Waals surface area contributed by atoms with E-state index < -0.39 is 0 Å². The van der Waals surface area contributed by atoms with E-state index in [1.165, 1.54) is 11.1 Å². The van der Waals surface area contributed by atoms with Crippen LogP contribution in [0.3, 0.4) is 0 Å². The van der Waals surface area contributed by atoms with Crippen molar-refractivity contribution in [3.63, 3.8) is 0 Å². The van der Waals surface area contributed by atoms with E-state index in [4.69, 9.17) is 16.3 Å². The van der Waals surface area contributed by atoms with Crippen molar-refractivity contribution in [1.82, 2.24) is 25.1 Å². The summed E-state index contributed by atoms with van der Waals surface area (Å²) in [6.45, 7) is 0. The molecule has 0 spiro atoms. The van der Waals surface area contributed by atoms with Crippen LogP contribution in [0.5, 0.6) is 11.6 Å². The van der Waals surface area contributed by atoms with Gasteiger partial charge in [-0.05, 0) is 85.8 Å². The van der Waals surface area contributed by atoms with Crippen LogP contribution in [0.1, 0.15) is 24.0 Å². The van der Waals surface area contributed by atoms with Crippen molar-refractivity contribution in [2.75, 3.05) is 17.7 Å². The highest BCUT2D eigenvalue weighted by atomic mass is 35.5. The summed E-state index contributed by atoms with van der Waals surface area (Å²) < 4.78 is 6.15. The van der Waals surface area contributed by atoms with Gasteiger partial charge in [-0.1, -0.05) is 23.7 Å². The van der Waals surface area contributed by atoms with Crippen LogP contribution in [0, 0.1) is 0 Å². The standard InChI is InChI=1S/C30H26ClN7O/c1-32-30-34-17-15-26(36-30)25-10-5-16-33-29(25)39-22-13-11-21(12-14-22)35-28-24-9-3-2-8-23(24)27(37-38-28)19-6-4-7-20(31)18-19/h4-7,10-18H,2-3,8-9H2,1H3,(H,35,38)(H,32,34,36). The quantitative estimate of drug-likeness (QED) is 0.227. The summed E-state index contributed by atoms with van der Waals surface area (Å²) >= 11 is 6.25. The molecule has 39 heavy (non-hydrogen) atoms. The van der Waals surface area contributed by atoms with Gasteiger partial charge < -0.3 is 15.4 Å². The lowest BCUT2D eigenvalue weighted by Crippen LogP contribution is -2.12. The van der Waals surface area contributed by atoms with Crippen LogP contribution >= 0.6 is 11.6 Å². The van der Waals surface area contributed by atoms with E-state index in [-0.39, 0.29) is 0 Å². The Morgan fingerprint density at radius 2 is 1.69 bits per heavy atom. The minimum atomic E-state index is 0.468. The minimum Gasteiger partial charge on any atom is -0.438 e. The zero-order chi connectivity index (χ0) is 26.6. The van der Waals surface area contributed by atoms with Crippen LogP contribution < -0.4 is 15.4 Å². The van der Waals surface area contributed by atoms with Gasteiger partial charge in [-0.3, -0.25) is 0 Å². The molecule has 5 aromatic rings. The molecule has 0 aliphatic heterocycles. The number of hydrogen-bond acceptors (Lipinski definition) is 8. The maximum atomic E-state index is 6.25. The number of benzene rings is 2. The Hall–Kier alpha value is -4.56. The van der Waals surface area contributed by atoms with Crippen LogP contribution in [0.25, 0.3) is 22.5 Å².